The van der Waals surface area contributed by atoms with Crippen LogP contribution in [0.25, 0.3) is 0 Å². The van der Waals surface area contributed by atoms with Crippen molar-refractivity contribution < 1.29 is 23.2 Å². The number of nitrogens with zero attached hydrogens (tertiary/aromatic N) is 2. The summed E-state index contributed by atoms with van der Waals surface area (Å²) in [5.74, 6) is -0.602. The molecule has 29 heavy (non-hydrogen) atoms. The normalized spacial score (nSPS) is 21.6. The summed E-state index contributed by atoms with van der Waals surface area (Å²) in [4.78, 5) is 12.5. The quantitative estimate of drug-likeness (QED) is 0.605. The molecule has 2 heterocycles. The number of likely N-dealkylation sites (tertiary alicyclic amines) is 1. The fourth-order valence-corrected chi connectivity index (χ4v) is 3.86. The molecule has 0 spiro atoms. The molecule has 154 valence electrons. The van der Waals surface area contributed by atoms with Crippen molar-refractivity contribution in [3.8, 4) is 11.5 Å². The third kappa shape index (κ3) is 4.40. The van der Waals surface area contributed by atoms with Gasteiger partial charge in [-0.1, -0.05) is 12.1 Å². The van der Waals surface area contributed by atoms with E-state index in [9.17, 15) is 18.9 Å². The van der Waals surface area contributed by atoms with Gasteiger partial charge in [-0.15, -0.1) is 0 Å². The molecule has 0 amide bonds. The van der Waals surface area contributed by atoms with Crippen molar-refractivity contribution in [1.29, 1.82) is 0 Å². The molecular formula is C20H21F2N3O4. The summed E-state index contributed by atoms with van der Waals surface area (Å²) in [5.41, 5.74) is -0.866. The number of halogens is 2. The van der Waals surface area contributed by atoms with Gasteiger partial charge in [-0.2, -0.15) is 4.39 Å². The summed E-state index contributed by atoms with van der Waals surface area (Å²) < 4.78 is 39.2. The van der Waals surface area contributed by atoms with Gasteiger partial charge in [0.1, 0.15) is 24.2 Å². The Kier molecular flexibility index (Phi) is 5.48. The molecule has 2 aromatic rings. The minimum atomic E-state index is -1.18. The maximum absolute atomic E-state index is 13.9. The molecule has 0 aliphatic carbocycles. The molecular weight excluding hydrogens is 384 g/mol. The van der Waals surface area contributed by atoms with Crippen molar-refractivity contribution in [1.82, 2.24) is 4.90 Å². The second-order valence-corrected chi connectivity index (χ2v) is 7.28. The van der Waals surface area contributed by atoms with Gasteiger partial charge in [-0.25, -0.2) is 4.39 Å². The van der Waals surface area contributed by atoms with Crippen LogP contribution < -0.4 is 14.8 Å². The zero-order valence-electron chi connectivity index (χ0n) is 15.6. The van der Waals surface area contributed by atoms with E-state index in [1.807, 2.05) is 24.3 Å². The van der Waals surface area contributed by atoms with Gasteiger partial charge >= 0.3 is 5.69 Å². The fourth-order valence-electron chi connectivity index (χ4n) is 3.86. The van der Waals surface area contributed by atoms with Gasteiger partial charge in [0.15, 0.2) is 11.5 Å². The van der Waals surface area contributed by atoms with E-state index in [4.69, 9.17) is 9.47 Å². The van der Waals surface area contributed by atoms with E-state index < -0.39 is 22.2 Å². The zero-order valence-corrected chi connectivity index (χ0v) is 15.6. The summed E-state index contributed by atoms with van der Waals surface area (Å²) >= 11 is 0. The monoisotopic (exact) mass is 405 g/mol. The van der Waals surface area contributed by atoms with Crippen LogP contribution in [0.2, 0.25) is 0 Å². The van der Waals surface area contributed by atoms with Crippen LogP contribution in [0.3, 0.4) is 0 Å². The Hall–Kier alpha value is -2.94. The van der Waals surface area contributed by atoms with Gasteiger partial charge < -0.3 is 14.8 Å². The number of fused-ring (bicyclic) bond motifs is 1. The molecule has 7 nitrogen and oxygen atoms in total. The van der Waals surface area contributed by atoms with Crippen molar-refractivity contribution in [3.63, 3.8) is 0 Å². The van der Waals surface area contributed by atoms with E-state index in [-0.39, 0.29) is 17.8 Å². The fraction of sp³-hybridized carbons (Fsp3) is 0.400. The number of anilines is 1. The Balaban J connectivity index is 1.40. The van der Waals surface area contributed by atoms with Crippen LogP contribution in [0.4, 0.5) is 20.2 Å². The maximum Gasteiger partial charge on any atom is 0.327 e. The first kappa shape index (κ1) is 19.4. The third-order valence-corrected chi connectivity index (χ3v) is 5.11. The number of piperidine rings is 1. The third-order valence-electron chi connectivity index (χ3n) is 5.11. The molecule has 1 saturated heterocycles. The van der Waals surface area contributed by atoms with Crippen molar-refractivity contribution >= 4 is 11.4 Å². The van der Waals surface area contributed by atoms with Gasteiger partial charge in [0.05, 0.1) is 4.92 Å². The topological polar surface area (TPSA) is 76.9 Å². The molecule has 2 aliphatic rings. The lowest BCUT2D eigenvalue weighted by Crippen LogP contribution is -2.48. The largest absolute Gasteiger partial charge is 0.486 e. The van der Waals surface area contributed by atoms with Crippen LogP contribution in [0.1, 0.15) is 12.8 Å². The van der Waals surface area contributed by atoms with Crippen LogP contribution in [-0.2, 0) is 0 Å². The van der Waals surface area contributed by atoms with Crippen LogP contribution >= 0.6 is 0 Å². The van der Waals surface area contributed by atoms with Crippen molar-refractivity contribution in [2.24, 2.45) is 0 Å². The highest BCUT2D eigenvalue weighted by atomic mass is 19.1. The van der Waals surface area contributed by atoms with Crippen molar-refractivity contribution in [3.05, 3.63) is 58.1 Å². The molecule has 2 aliphatic heterocycles. The van der Waals surface area contributed by atoms with Crippen molar-refractivity contribution in [2.45, 2.75) is 25.0 Å². The van der Waals surface area contributed by atoms with E-state index in [1.54, 1.807) is 0 Å². The Morgan fingerprint density at radius 3 is 2.83 bits per heavy atom. The average Bonchev–Trinajstić information content (AvgIpc) is 2.67. The highest BCUT2D eigenvalue weighted by molar-refractivity contribution is 5.62. The van der Waals surface area contributed by atoms with Gasteiger partial charge in [-0.3, -0.25) is 15.0 Å². The summed E-state index contributed by atoms with van der Waals surface area (Å²) in [7, 11) is 0. The predicted octanol–water partition coefficient (Wildman–Crippen LogP) is 3.59. The Bertz CT molecular complexity index is 911. The predicted molar refractivity (Wildman–Crippen MR) is 102 cm³/mol. The van der Waals surface area contributed by atoms with E-state index in [0.717, 1.165) is 31.2 Å². The average molecular weight is 405 g/mol. The summed E-state index contributed by atoms with van der Waals surface area (Å²) in [6.07, 6.45) is 1.47. The van der Waals surface area contributed by atoms with E-state index in [0.29, 0.717) is 31.5 Å². The number of hydrogen-bond donors (Lipinski definition) is 1. The SMILES string of the molecule is O=[N+]([O-])c1c(F)cc(F)cc1N[C@H]1CCCN(C[C@H]2COc3ccccc3O2)C1. The van der Waals surface area contributed by atoms with Crippen LogP contribution in [0.5, 0.6) is 11.5 Å². The van der Waals surface area contributed by atoms with E-state index >= 15 is 0 Å². The molecule has 2 aromatic carbocycles. The number of rotatable bonds is 5. The first-order valence-corrected chi connectivity index (χ1v) is 9.50. The Morgan fingerprint density at radius 2 is 2.03 bits per heavy atom. The van der Waals surface area contributed by atoms with Gasteiger partial charge in [-0.05, 0) is 31.5 Å². The second kappa shape index (κ2) is 8.20. The smallest absolute Gasteiger partial charge is 0.327 e. The number of hydrogen-bond acceptors (Lipinski definition) is 6. The summed E-state index contributed by atoms with van der Waals surface area (Å²) in [6, 6.07) is 8.82. The zero-order chi connectivity index (χ0) is 20.4. The summed E-state index contributed by atoms with van der Waals surface area (Å²) in [6.45, 7) is 2.49. The van der Waals surface area contributed by atoms with Crippen LogP contribution in [0.15, 0.2) is 36.4 Å². The summed E-state index contributed by atoms with van der Waals surface area (Å²) in [5, 5.41) is 14.1. The number of nitro benzene ring substituents is 1. The highest BCUT2D eigenvalue weighted by Gasteiger charge is 2.29. The first-order chi connectivity index (χ1) is 14.0. The molecule has 0 bridgehead atoms. The molecule has 0 aromatic heterocycles. The number of nitro groups is 1. The molecule has 0 radical (unpaired) electrons. The van der Waals surface area contributed by atoms with Gasteiger partial charge in [0.2, 0.25) is 5.82 Å². The maximum atomic E-state index is 13.9. The molecule has 4 rings (SSSR count). The Labute approximate surface area is 166 Å². The molecule has 1 N–H and O–H groups in total. The molecule has 0 saturated carbocycles. The lowest BCUT2D eigenvalue weighted by molar-refractivity contribution is -0.386. The molecule has 2 atom stereocenters. The lowest BCUT2D eigenvalue weighted by atomic mass is 10.0. The lowest BCUT2D eigenvalue weighted by Gasteiger charge is -2.36. The highest BCUT2D eigenvalue weighted by Crippen LogP contribution is 2.32. The first-order valence-electron chi connectivity index (χ1n) is 9.50. The van der Waals surface area contributed by atoms with Crippen LogP contribution in [0, 0.1) is 21.7 Å². The van der Waals surface area contributed by atoms with Gasteiger partial charge in [0.25, 0.3) is 0 Å². The molecule has 1 fully saturated rings. The van der Waals surface area contributed by atoms with Crippen molar-refractivity contribution in [2.75, 3.05) is 31.6 Å². The van der Waals surface area contributed by atoms with E-state index in [2.05, 4.69) is 10.2 Å². The Morgan fingerprint density at radius 1 is 1.24 bits per heavy atom. The number of para-hydroxylation sites is 2. The molecule has 9 heteroatoms. The number of benzene rings is 2. The number of ether oxygens (including phenoxy) is 2. The molecule has 0 unspecified atom stereocenters. The number of nitrogens with one attached hydrogen (secondary N) is 1. The minimum absolute atomic E-state index is 0.134. The van der Waals surface area contributed by atoms with Gasteiger partial charge in [0, 0.05) is 31.3 Å². The van der Waals surface area contributed by atoms with E-state index in [1.165, 1.54) is 0 Å². The standard InChI is InChI=1S/C20H21F2N3O4/c21-13-8-16(22)20(25(26)27)17(9-13)23-14-4-3-7-24(10-14)11-15-12-28-18-5-1-2-6-19(18)29-15/h1-2,5-6,8-9,14-15,23H,3-4,7,10-12H2/t14-,15-/m0/s1. The second-order valence-electron chi connectivity index (χ2n) is 7.28. The van der Waals surface area contributed by atoms with Crippen LogP contribution in [-0.4, -0.2) is 48.2 Å². The minimum Gasteiger partial charge on any atom is -0.486 e.